The molecule has 0 unspecified atom stereocenters. The number of H-pyrrole nitrogens is 1. The molecule has 0 aliphatic rings. The largest absolute Gasteiger partial charge is 0.870 e. The number of nitrogens with zero attached hydrogens (tertiary/aromatic N) is 3. The van der Waals surface area contributed by atoms with Crippen LogP contribution in [-0.4, -0.2) is 39.4 Å². The molecular formula is C7H7BN4O2. The van der Waals surface area contributed by atoms with Crippen LogP contribution in [0.25, 0.3) is 11.4 Å². The van der Waals surface area contributed by atoms with Crippen molar-refractivity contribution in [3.05, 3.63) is 24.3 Å². The van der Waals surface area contributed by atoms with Gasteiger partial charge >= 0.3 is 69.6 Å². The maximum Gasteiger partial charge on any atom is -0.870 e. The van der Waals surface area contributed by atoms with Gasteiger partial charge in [-0.15, -0.1) is 0 Å². The van der Waals surface area contributed by atoms with Crippen LogP contribution in [0.2, 0.25) is 0 Å². The van der Waals surface area contributed by atoms with Gasteiger partial charge in [-0.3, -0.25) is 0 Å². The molecule has 0 aliphatic carbocycles. The quantitative estimate of drug-likeness (QED) is 0.597. The topological polar surface area (TPSA) is 114 Å². The van der Waals surface area contributed by atoms with Gasteiger partial charge in [0.15, 0.2) is 0 Å². The van der Waals surface area contributed by atoms with Crippen LogP contribution in [0.15, 0.2) is 24.3 Å². The Hall–Kier alpha value is -1.73. The van der Waals surface area contributed by atoms with Crippen molar-refractivity contribution in [3.8, 4) is 11.4 Å². The first-order valence-electron chi connectivity index (χ1n) is 3.46. The smallest absolute Gasteiger partial charge is 0.870 e. The molecule has 0 spiro atoms. The molecule has 0 saturated heterocycles. The van der Waals surface area contributed by atoms with Crippen molar-refractivity contribution in [2.24, 2.45) is 0 Å². The Morgan fingerprint density at radius 3 is 2.57 bits per heavy atom. The number of tetrazole rings is 1. The van der Waals surface area contributed by atoms with Crippen molar-refractivity contribution in [2.45, 2.75) is 0 Å². The van der Waals surface area contributed by atoms with E-state index in [9.17, 15) is 0 Å². The predicted molar refractivity (Wildman–Crippen MR) is 48.9 cm³/mol. The van der Waals surface area contributed by atoms with Gasteiger partial charge in [0.1, 0.15) is 0 Å². The van der Waals surface area contributed by atoms with Crippen LogP contribution in [-0.2, 0) is 0 Å². The summed E-state index contributed by atoms with van der Waals surface area (Å²) in [5.74, 6) is 0.627. The molecule has 0 aliphatic heterocycles. The molecule has 14 heavy (non-hydrogen) atoms. The molecule has 0 saturated carbocycles. The summed E-state index contributed by atoms with van der Waals surface area (Å²) < 4.78 is 0. The maximum absolute atomic E-state index is 5.58. The Morgan fingerprint density at radius 2 is 2.00 bits per heavy atom. The van der Waals surface area contributed by atoms with Crippen LogP contribution < -0.4 is 5.46 Å². The summed E-state index contributed by atoms with van der Waals surface area (Å²) >= 11 is 0. The molecule has 0 atom stereocenters. The minimum Gasteiger partial charge on any atom is -0.870 e. The SMILES string of the molecule is [B+2]c1cccc(-c2nnn[nH]2)c1.[OH-].[OH-]. The monoisotopic (exact) mass is 190 g/mol. The molecule has 6 nitrogen and oxygen atoms in total. The van der Waals surface area contributed by atoms with Gasteiger partial charge in [-0.05, 0) is 0 Å². The first kappa shape index (κ1) is 12.3. The second-order valence-electron chi connectivity index (χ2n) is 2.38. The van der Waals surface area contributed by atoms with Gasteiger partial charge < -0.3 is 11.0 Å². The summed E-state index contributed by atoms with van der Waals surface area (Å²) in [6, 6.07) is 7.36. The van der Waals surface area contributed by atoms with Gasteiger partial charge in [-0.25, -0.2) is 0 Å². The maximum atomic E-state index is 5.58. The van der Waals surface area contributed by atoms with Crippen molar-refractivity contribution < 1.29 is 11.0 Å². The van der Waals surface area contributed by atoms with Gasteiger partial charge in [-0.1, -0.05) is 0 Å². The van der Waals surface area contributed by atoms with Crippen molar-refractivity contribution in [2.75, 3.05) is 0 Å². The Kier molecular flexibility index (Phi) is 4.47. The summed E-state index contributed by atoms with van der Waals surface area (Å²) in [7, 11) is 5.58. The molecule has 1 aromatic heterocycles. The van der Waals surface area contributed by atoms with E-state index in [0.717, 1.165) is 5.56 Å². The average Bonchev–Trinajstić information content (AvgIpc) is 2.56. The van der Waals surface area contributed by atoms with Crippen LogP contribution in [0.5, 0.6) is 0 Å². The molecule has 0 amide bonds. The number of rotatable bonds is 1. The normalized spacial score (nSPS) is 8.71. The number of aromatic amines is 1. The van der Waals surface area contributed by atoms with Crippen LogP contribution >= 0.6 is 0 Å². The first-order valence-corrected chi connectivity index (χ1v) is 3.46. The van der Waals surface area contributed by atoms with Crippen LogP contribution in [0, 0.1) is 0 Å². The molecule has 2 rings (SSSR count). The van der Waals surface area contributed by atoms with Crippen LogP contribution in [0.4, 0.5) is 0 Å². The molecule has 0 bridgehead atoms. The summed E-state index contributed by atoms with van der Waals surface area (Å²) in [5, 5.41) is 13.3. The van der Waals surface area contributed by atoms with Crippen molar-refractivity contribution in [1.82, 2.24) is 20.6 Å². The van der Waals surface area contributed by atoms with Crippen LogP contribution in [0.1, 0.15) is 0 Å². The third-order valence-corrected chi connectivity index (χ3v) is 1.51. The van der Waals surface area contributed by atoms with E-state index in [4.69, 9.17) is 7.85 Å². The fourth-order valence-corrected chi connectivity index (χ4v) is 0.967. The summed E-state index contributed by atoms with van der Waals surface area (Å²) in [4.78, 5) is 0. The number of aromatic nitrogens is 4. The van der Waals surface area contributed by atoms with Gasteiger partial charge in [0.2, 0.25) is 0 Å². The minimum absolute atomic E-state index is 0. The van der Waals surface area contributed by atoms with Gasteiger partial charge in [-0.2, -0.15) is 0 Å². The standard InChI is InChI=1S/C7H5BN4.2H2O/c8-6-3-1-2-5(4-6)7-9-11-12-10-7;;/h1-4H,(H,9,10,11,12);2*1H2/q+2;;/p-2. The summed E-state index contributed by atoms with van der Waals surface area (Å²) in [5.41, 5.74) is 1.59. The Bertz CT molecular complexity index is 379. The van der Waals surface area contributed by atoms with E-state index in [1.54, 1.807) is 0 Å². The Morgan fingerprint density at radius 1 is 1.21 bits per heavy atom. The average molecular weight is 190 g/mol. The molecule has 2 aromatic rings. The van der Waals surface area contributed by atoms with E-state index in [-0.39, 0.29) is 11.0 Å². The fourth-order valence-electron chi connectivity index (χ4n) is 0.967. The van der Waals surface area contributed by atoms with Crippen molar-refractivity contribution >= 4 is 13.3 Å². The molecule has 0 radical (unpaired) electrons. The van der Waals surface area contributed by atoms with E-state index in [1.807, 2.05) is 24.3 Å². The van der Waals surface area contributed by atoms with E-state index in [2.05, 4.69) is 20.6 Å². The molecular weight excluding hydrogens is 183 g/mol. The first-order chi connectivity index (χ1) is 5.86. The summed E-state index contributed by atoms with van der Waals surface area (Å²) in [6.07, 6.45) is 0. The predicted octanol–water partition coefficient (Wildman–Crippen LogP) is -0.693. The van der Waals surface area contributed by atoms with Crippen molar-refractivity contribution in [1.29, 1.82) is 0 Å². The number of benzene rings is 1. The molecule has 1 heterocycles. The number of nitrogens with one attached hydrogen (secondary N) is 1. The van der Waals surface area contributed by atoms with Crippen LogP contribution in [0.3, 0.4) is 0 Å². The van der Waals surface area contributed by atoms with Gasteiger partial charge in [0, 0.05) is 0 Å². The van der Waals surface area contributed by atoms with Crippen molar-refractivity contribution in [3.63, 3.8) is 0 Å². The Balaban J connectivity index is 0.000000845. The van der Waals surface area contributed by atoms with E-state index in [1.165, 1.54) is 0 Å². The molecule has 3 N–H and O–H groups in total. The third-order valence-electron chi connectivity index (χ3n) is 1.51. The minimum atomic E-state index is 0. The fraction of sp³-hybridized carbons (Fsp3) is 0. The number of hydrogen-bond donors (Lipinski definition) is 1. The van der Waals surface area contributed by atoms with Gasteiger partial charge in [0.05, 0.1) is 0 Å². The second kappa shape index (κ2) is 5.10. The molecule has 1 aromatic carbocycles. The van der Waals surface area contributed by atoms with E-state index < -0.39 is 0 Å². The summed E-state index contributed by atoms with van der Waals surface area (Å²) in [6.45, 7) is 0. The second-order valence-corrected chi connectivity index (χ2v) is 2.38. The zero-order chi connectivity index (χ0) is 8.39. The zero-order valence-electron chi connectivity index (χ0n) is 7.12. The van der Waals surface area contributed by atoms with E-state index >= 15 is 0 Å². The van der Waals surface area contributed by atoms with E-state index in [0.29, 0.717) is 11.3 Å². The molecule has 70 valence electrons. The third kappa shape index (κ3) is 2.38. The Labute approximate surface area is 81.4 Å². The molecule has 7 heteroatoms. The zero-order valence-corrected chi connectivity index (χ0v) is 7.12. The number of hydrogen-bond acceptors (Lipinski definition) is 5. The molecule has 0 fully saturated rings. The van der Waals surface area contributed by atoms with Gasteiger partial charge in [0.25, 0.3) is 0 Å².